The van der Waals surface area contributed by atoms with Crippen molar-refractivity contribution >= 4 is 35.0 Å². The molecular weight excluding hydrogens is 445 g/mol. The number of carbonyl (C=O) groups is 2. The van der Waals surface area contributed by atoms with E-state index in [1.807, 2.05) is 4.90 Å². The molecule has 0 aliphatic carbocycles. The minimum absolute atomic E-state index is 0.0115. The summed E-state index contributed by atoms with van der Waals surface area (Å²) in [6.07, 6.45) is 3.32. The van der Waals surface area contributed by atoms with Gasteiger partial charge in [0.2, 0.25) is 5.91 Å². The van der Waals surface area contributed by atoms with E-state index in [0.717, 1.165) is 45.4 Å². The maximum atomic E-state index is 12.8. The molecule has 2 aliphatic heterocycles. The molecule has 2 fully saturated rings. The fourth-order valence-electron chi connectivity index (χ4n) is 4.81. The summed E-state index contributed by atoms with van der Waals surface area (Å²) in [7, 11) is 1.64. The van der Waals surface area contributed by atoms with Gasteiger partial charge < -0.3 is 9.80 Å². The van der Waals surface area contributed by atoms with E-state index in [0.29, 0.717) is 27.6 Å². The standard InChI is InChI=1S/C25H29Cl2N3O2/c1-28(25(32)20-7-8-22(26)23(27)15-20)17-24(31)30-14-11-21(16-30)29-12-9-19(10-13-29)18-5-3-2-4-6-18/h2-8,15,19,21H,9-14,16-17H2,1H3. The minimum atomic E-state index is -0.240. The first-order valence-electron chi connectivity index (χ1n) is 11.2. The molecule has 2 aromatic rings. The highest BCUT2D eigenvalue weighted by Gasteiger charge is 2.33. The normalized spacial score (nSPS) is 19.8. The van der Waals surface area contributed by atoms with Crippen molar-refractivity contribution < 1.29 is 9.59 Å². The quantitative estimate of drug-likeness (QED) is 0.639. The molecule has 2 aromatic carbocycles. The van der Waals surface area contributed by atoms with Crippen LogP contribution < -0.4 is 0 Å². The molecule has 0 saturated carbocycles. The largest absolute Gasteiger partial charge is 0.340 e. The van der Waals surface area contributed by atoms with Crippen LogP contribution in [0.2, 0.25) is 10.0 Å². The minimum Gasteiger partial charge on any atom is -0.340 e. The van der Waals surface area contributed by atoms with Crippen molar-refractivity contribution in [1.29, 1.82) is 0 Å². The average Bonchev–Trinajstić information content (AvgIpc) is 3.31. The van der Waals surface area contributed by atoms with Crippen LogP contribution in [0.25, 0.3) is 0 Å². The Labute approximate surface area is 199 Å². The van der Waals surface area contributed by atoms with Crippen molar-refractivity contribution in [3.63, 3.8) is 0 Å². The van der Waals surface area contributed by atoms with Crippen molar-refractivity contribution in [1.82, 2.24) is 14.7 Å². The van der Waals surface area contributed by atoms with Crippen LogP contribution in [0.15, 0.2) is 48.5 Å². The van der Waals surface area contributed by atoms with Gasteiger partial charge in [-0.25, -0.2) is 0 Å². The summed E-state index contributed by atoms with van der Waals surface area (Å²) in [5.41, 5.74) is 1.86. The van der Waals surface area contributed by atoms with Crippen LogP contribution in [-0.4, -0.2) is 72.3 Å². The molecule has 0 bridgehead atoms. The van der Waals surface area contributed by atoms with E-state index in [1.165, 1.54) is 16.5 Å². The Morgan fingerprint density at radius 3 is 2.38 bits per heavy atom. The summed E-state index contributed by atoms with van der Waals surface area (Å²) in [5, 5.41) is 0.730. The lowest BCUT2D eigenvalue weighted by atomic mass is 9.89. The van der Waals surface area contributed by atoms with E-state index in [2.05, 4.69) is 35.2 Å². The second kappa shape index (κ2) is 10.2. The van der Waals surface area contributed by atoms with E-state index in [-0.39, 0.29) is 18.4 Å². The number of halogens is 2. The van der Waals surface area contributed by atoms with Gasteiger partial charge in [0.25, 0.3) is 5.91 Å². The Hall–Kier alpha value is -2.08. The lowest BCUT2D eigenvalue weighted by Gasteiger charge is -2.36. The Morgan fingerprint density at radius 2 is 1.69 bits per heavy atom. The molecule has 7 heteroatoms. The Balaban J connectivity index is 1.26. The molecule has 0 aromatic heterocycles. The molecule has 32 heavy (non-hydrogen) atoms. The fourth-order valence-corrected chi connectivity index (χ4v) is 5.11. The van der Waals surface area contributed by atoms with Gasteiger partial charge in [-0.3, -0.25) is 14.5 Å². The Kier molecular flexibility index (Phi) is 7.39. The third kappa shape index (κ3) is 5.28. The second-order valence-electron chi connectivity index (χ2n) is 8.79. The van der Waals surface area contributed by atoms with Gasteiger partial charge in [0.1, 0.15) is 0 Å². The number of likely N-dealkylation sites (tertiary alicyclic amines) is 2. The number of rotatable bonds is 5. The number of amides is 2. The lowest BCUT2D eigenvalue weighted by molar-refractivity contribution is -0.130. The Morgan fingerprint density at radius 1 is 0.969 bits per heavy atom. The van der Waals surface area contributed by atoms with Crippen LogP contribution in [0.5, 0.6) is 0 Å². The SMILES string of the molecule is CN(CC(=O)N1CCC(N2CCC(c3ccccc3)CC2)C1)C(=O)c1ccc(Cl)c(Cl)c1. The van der Waals surface area contributed by atoms with Gasteiger partial charge in [-0.2, -0.15) is 0 Å². The molecule has 2 saturated heterocycles. The van der Waals surface area contributed by atoms with Crippen molar-refractivity contribution in [3.05, 3.63) is 69.7 Å². The summed E-state index contributed by atoms with van der Waals surface area (Å²) in [5.74, 6) is 0.380. The third-order valence-electron chi connectivity index (χ3n) is 6.72. The molecule has 2 amide bonds. The lowest BCUT2D eigenvalue weighted by Crippen LogP contribution is -2.44. The second-order valence-corrected chi connectivity index (χ2v) is 9.61. The predicted molar refractivity (Wildman–Crippen MR) is 128 cm³/mol. The number of hydrogen-bond acceptors (Lipinski definition) is 3. The topological polar surface area (TPSA) is 43.9 Å². The predicted octanol–water partition coefficient (Wildman–Crippen LogP) is 4.55. The van der Waals surface area contributed by atoms with Crippen LogP contribution in [0.3, 0.4) is 0 Å². The van der Waals surface area contributed by atoms with Crippen molar-refractivity contribution in [2.75, 3.05) is 39.8 Å². The number of hydrogen-bond donors (Lipinski definition) is 0. The maximum absolute atomic E-state index is 12.8. The van der Waals surface area contributed by atoms with Crippen molar-refractivity contribution in [2.24, 2.45) is 0 Å². The number of piperidine rings is 1. The van der Waals surface area contributed by atoms with Gasteiger partial charge in [0, 0.05) is 31.7 Å². The molecule has 5 nitrogen and oxygen atoms in total. The number of nitrogens with zero attached hydrogens (tertiary/aromatic N) is 3. The zero-order valence-corrected chi connectivity index (χ0v) is 19.9. The van der Waals surface area contributed by atoms with Gasteiger partial charge in [0.05, 0.1) is 16.6 Å². The molecule has 2 aliphatic rings. The molecule has 0 spiro atoms. The fraction of sp³-hybridized carbons (Fsp3) is 0.440. The first kappa shape index (κ1) is 23.1. The van der Waals surface area contributed by atoms with E-state index in [1.54, 1.807) is 19.2 Å². The summed E-state index contributed by atoms with van der Waals surface area (Å²) in [6, 6.07) is 15.9. The van der Waals surface area contributed by atoms with Gasteiger partial charge in [-0.15, -0.1) is 0 Å². The zero-order valence-electron chi connectivity index (χ0n) is 18.3. The summed E-state index contributed by atoms with van der Waals surface area (Å²) < 4.78 is 0. The van der Waals surface area contributed by atoms with E-state index in [9.17, 15) is 9.59 Å². The van der Waals surface area contributed by atoms with Gasteiger partial charge in [-0.1, -0.05) is 53.5 Å². The number of benzene rings is 2. The summed E-state index contributed by atoms with van der Waals surface area (Å²) in [4.78, 5) is 31.4. The van der Waals surface area contributed by atoms with Crippen LogP contribution in [0.4, 0.5) is 0 Å². The molecule has 0 N–H and O–H groups in total. The van der Waals surface area contributed by atoms with E-state index < -0.39 is 0 Å². The molecule has 4 rings (SSSR count). The first-order valence-corrected chi connectivity index (χ1v) is 11.9. The number of likely N-dealkylation sites (N-methyl/N-ethyl adjacent to an activating group) is 1. The van der Waals surface area contributed by atoms with Gasteiger partial charge in [-0.05, 0) is 62.0 Å². The molecule has 0 radical (unpaired) electrons. The number of carbonyl (C=O) groups excluding carboxylic acids is 2. The van der Waals surface area contributed by atoms with E-state index >= 15 is 0 Å². The average molecular weight is 474 g/mol. The van der Waals surface area contributed by atoms with Crippen LogP contribution >= 0.6 is 23.2 Å². The summed E-state index contributed by atoms with van der Waals surface area (Å²) >= 11 is 12.0. The van der Waals surface area contributed by atoms with Crippen LogP contribution in [0, 0.1) is 0 Å². The highest BCUT2D eigenvalue weighted by Crippen LogP contribution is 2.30. The van der Waals surface area contributed by atoms with E-state index in [4.69, 9.17) is 23.2 Å². The highest BCUT2D eigenvalue weighted by atomic mass is 35.5. The smallest absolute Gasteiger partial charge is 0.254 e. The summed E-state index contributed by atoms with van der Waals surface area (Å²) in [6.45, 7) is 3.69. The maximum Gasteiger partial charge on any atom is 0.254 e. The first-order chi connectivity index (χ1) is 15.4. The third-order valence-corrected chi connectivity index (χ3v) is 7.46. The monoisotopic (exact) mass is 473 g/mol. The van der Waals surface area contributed by atoms with Gasteiger partial charge >= 0.3 is 0 Å². The molecule has 2 heterocycles. The molecule has 170 valence electrons. The zero-order chi connectivity index (χ0) is 22.7. The highest BCUT2D eigenvalue weighted by molar-refractivity contribution is 6.42. The van der Waals surface area contributed by atoms with Crippen molar-refractivity contribution in [3.8, 4) is 0 Å². The van der Waals surface area contributed by atoms with Gasteiger partial charge in [0.15, 0.2) is 0 Å². The molecule has 1 atom stereocenters. The Bertz CT molecular complexity index is 961. The molecular formula is C25H29Cl2N3O2. The van der Waals surface area contributed by atoms with Crippen LogP contribution in [-0.2, 0) is 4.79 Å². The van der Waals surface area contributed by atoms with Crippen LogP contribution in [0.1, 0.15) is 41.1 Å². The molecule has 1 unspecified atom stereocenters. The van der Waals surface area contributed by atoms with Crippen molar-refractivity contribution in [2.45, 2.75) is 31.2 Å².